The van der Waals surface area contributed by atoms with Gasteiger partial charge in [-0.15, -0.1) is 10.9 Å². The van der Waals surface area contributed by atoms with Crippen LogP contribution < -0.4 is 16.2 Å². The van der Waals surface area contributed by atoms with Crippen LogP contribution in [-0.2, 0) is 0 Å². The molecule has 0 atom stereocenters. The lowest BCUT2D eigenvalue weighted by molar-refractivity contribution is -0.406. The number of allylic oxidation sites excluding steroid dienone is 2. The van der Waals surface area contributed by atoms with Gasteiger partial charge in [0.05, 0.1) is 6.54 Å². The van der Waals surface area contributed by atoms with Gasteiger partial charge in [-0.1, -0.05) is 109 Å². The van der Waals surface area contributed by atoms with Crippen molar-refractivity contribution in [2.24, 2.45) is 5.92 Å². The summed E-state index contributed by atoms with van der Waals surface area (Å²) in [6, 6.07) is 20.8. The van der Waals surface area contributed by atoms with Gasteiger partial charge in [-0.2, -0.15) is 0 Å². The van der Waals surface area contributed by atoms with Crippen molar-refractivity contribution in [3.05, 3.63) is 72.4 Å². The molecule has 0 fully saturated rings. The Hall–Kier alpha value is -1.42. The van der Waals surface area contributed by atoms with Crippen molar-refractivity contribution >= 4 is 57.9 Å². The van der Waals surface area contributed by atoms with E-state index in [0.717, 1.165) is 23.2 Å². The summed E-state index contributed by atoms with van der Waals surface area (Å²) in [4.78, 5) is 0. The first-order chi connectivity index (χ1) is 12.7. The molecule has 0 unspecified atom stereocenters. The molecule has 1 aliphatic rings. The minimum atomic E-state index is -1.55. The van der Waals surface area contributed by atoms with Gasteiger partial charge in [-0.25, -0.2) is 0 Å². The maximum atomic E-state index is 6.31. The molecule has 2 aromatic carbocycles. The summed E-state index contributed by atoms with van der Waals surface area (Å²) in [7, 11) is 0. The first-order valence-corrected chi connectivity index (χ1v) is 10.3. The fourth-order valence-corrected chi connectivity index (χ4v) is 4.31. The third-order valence-corrected chi connectivity index (χ3v) is 5.68. The zero-order chi connectivity index (χ0) is 19.7. The number of hydrogen-bond donors (Lipinski definition) is 1. The van der Waals surface area contributed by atoms with E-state index in [2.05, 4.69) is 79.0 Å². The van der Waals surface area contributed by atoms with Gasteiger partial charge in [0.1, 0.15) is 5.71 Å². The molecule has 0 bridgehead atoms. The summed E-state index contributed by atoms with van der Waals surface area (Å²) >= 11 is 18.9. The van der Waals surface area contributed by atoms with Gasteiger partial charge in [-0.3, -0.25) is 0 Å². The Balaban J connectivity index is 2.34. The molecule has 0 spiro atoms. The fourth-order valence-electron chi connectivity index (χ4n) is 3.98. The number of rotatable bonds is 4. The Kier molecular flexibility index (Phi) is 5.95. The molecule has 6 heteroatoms. The second kappa shape index (κ2) is 7.91. The SMILES string of the molecule is CC1=[N+](CC(C)C)[B-](c2ccccc2)(c2ccccc2)NC(C(Cl)(Cl)Cl)=C1. The molecule has 0 radical (unpaired) electrons. The highest BCUT2D eigenvalue weighted by Crippen LogP contribution is 2.35. The summed E-state index contributed by atoms with van der Waals surface area (Å²) in [6.07, 6.45) is 0.394. The number of alkyl halides is 3. The largest absolute Gasteiger partial charge is 0.490 e. The molecule has 1 N–H and O–H groups in total. The van der Waals surface area contributed by atoms with Gasteiger partial charge in [0.2, 0.25) is 3.79 Å². The Morgan fingerprint density at radius 1 is 0.926 bits per heavy atom. The third kappa shape index (κ3) is 4.06. The van der Waals surface area contributed by atoms with Crippen LogP contribution in [-0.4, -0.2) is 27.0 Å². The average Bonchev–Trinajstić information content (AvgIpc) is 2.63. The zero-order valence-electron chi connectivity index (χ0n) is 15.8. The minimum absolute atomic E-state index is 0.470. The average molecular weight is 422 g/mol. The van der Waals surface area contributed by atoms with Crippen LogP contribution >= 0.6 is 34.8 Å². The topological polar surface area (TPSA) is 15.0 Å². The molecule has 142 valence electrons. The first kappa shape index (κ1) is 20.3. The van der Waals surface area contributed by atoms with E-state index in [4.69, 9.17) is 34.8 Å². The summed E-state index contributed by atoms with van der Waals surface area (Å²) < 4.78 is 0.900. The Labute approximate surface area is 176 Å². The predicted octanol–water partition coefficient (Wildman–Crippen LogP) is 4.23. The van der Waals surface area contributed by atoms with Crippen LogP contribution in [0.25, 0.3) is 0 Å². The molecular formula is C21H24BCl3N2. The van der Waals surface area contributed by atoms with Crippen LogP contribution in [0.5, 0.6) is 0 Å². The molecule has 1 heterocycles. The van der Waals surface area contributed by atoms with Crippen LogP contribution in [0.15, 0.2) is 72.4 Å². The number of nitrogens with zero attached hydrogens (tertiary/aromatic N) is 1. The smallest absolute Gasteiger partial charge is 0.423 e. The van der Waals surface area contributed by atoms with Crippen LogP contribution in [0.2, 0.25) is 0 Å². The molecule has 2 aromatic rings. The van der Waals surface area contributed by atoms with Gasteiger partial charge in [0, 0.05) is 24.6 Å². The van der Waals surface area contributed by atoms with Gasteiger partial charge in [0.25, 0.3) is 0 Å². The summed E-state index contributed by atoms with van der Waals surface area (Å²) in [5.74, 6) is 0.470. The highest BCUT2D eigenvalue weighted by atomic mass is 35.6. The molecule has 0 amide bonds. The lowest BCUT2D eigenvalue weighted by atomic mass is 9.35. The number of nitrogens with one attached hydrogen (secondary N) is 1. The number of hydrogen-bond acceptors (Lipinski definition) is 1. The van der Waals surface area contributed by atoms with E-state index in [9.17, 15) is 0 Å². The second-order valence-electron chi connectivity index (χ2n) is 7.53. The van der Waals surface area contributed by atoms with Crippen molar-refractivity contribution in [3.8, 4) is 0 Å². The highest BCUT2D eigenvalue weighted by molar-refractivity contribution is 6.95. The maximum absolute atomic E-state index is 6.31. The standard InChI is InChI=1S/C21H24BCl3N2/c1-16(2)15-27-17(3)14-20(21(23,24)25)26-22(27,18-10-6-4-7-11-18)19-12-8-5-9-13-19/h4-14,16,26H,15H2,1-3H3. The van der Waals surface area contributed by atoms with E-state index in [1.807, 2.05) is 18.2 Å². The number of benzene rings is 2. The van der Waals surface area contributed by atoms with E-state index in [-0.39, 0.29) is 0 Å². The van der Waals surface area contributed by atoms with Crippen molar-refractivity contribution in [2.45, 2.75) is 24.6 Å². The van der Waals surface area contributed by atoms with E-state index in [1.54, 1.807) is 0 Å². The Bertz CT molecular complexity index is 817. The molecular weight excluding hydrogens is 397 g/mol. The lowest BCUT2D eigenvalue weighted by Gasteiger charge is -2.45. The molecule has 2 nitrogen and oxygen atoms in total. The lowest BCUT2D eigenvalue weighted by Crippen LogP contribution is -2.78. The van der Waals surface area contributed by atoms with Crippen LogP contribution in [0, 0.1) is 5.92 Å². The van der Waals surface area contributed by atoms with Gasteiger partial charge < -0.3 is 9.71 Å². The van der Waals surface area contributed by atoms with Crippen LogP contribution in [0.3, 0.4) is 0 Å². The van der Waals surface area contributed by atoms with Gasteiger partial charge in [0.15, 0.2) is 0 Å². The Morgan fingerprint density at radius 3 is 1.81 bits per heavy atom. The fraction of sp³-hybridized carbons (Fsp3) is 0.286. The summed E-state index contributed by atoms with van der Waals surface area (Å²) in [5, 5.41) is 3.66. The summed E-state index contributed by atoms with van der Waals surface area (Å²) in [5.41, 5.74) is 3.99. The van der Waals surface area contributed by atoms with Crippen molar-refractivity contribution < 1.29 is 4.49 Å². The number of halogens is 3. The van der Waals surface area contributed by atoms with E-state index in [1.165, 1.54) is 0 Å². The quantitative estimate of drug-likeness (QED) is 0.577. The molecule has 0 aromatic heterocycles. The van der Waals surface area contributed by atoms with E-state index < -0.39 is 10.2 Å². The molecule has 3 rings (SSSR count). The molecule has 0 saturated carbocycles. The third-order valence-electron chi connectivity index (χ3n) is 5.07. The van der Waals surface area contributed by atoms with Crippen LogP contribution in [0.1, 0.15) is 20.8 Å². The van der Waals surface area contributed by atoms with E-state index >= 15 is 0 Å². The minimum Gasteiger partial charge on any atom is -0.490 e. The van der Waals surface area contributed by atoms with Gasteiger partial charge in [-0.05, 0) is 0 Å². The molecule has 0 saturated heterocycles. The molecule has 1 aliphatic heterocycles. The molecule has 27 heavy (non-hydrogen) atoms. The van der Waals surface area contributed by atoms with E-state index in [0.29, 0.717) is 11.6 Å². The van der Waals surface area contributed by atoms with Crippen molar-refractivity contribution in [2.75, 3.05) is 6.54 Å². The Morgan fingerprint density at radius 2 is 1.41 bits per heavy atom. The van der Waals surface area contributed by atoms with Crippen LogP contribution in [0.4, 0.5) is 0 Å². The second-order valence-corrected chi connectivity index (χ2v) is 9.81. The van der Waals surface area contributed by atoms with Crippen molar-refractivity contribution in [1.82, 2.24) is 5.23 Å². The normalized spacial score (nSPS) is 16.9. The predicted molar refractivity (Wildman–Crippen MR) is 120 cm³/mol. The first-order valence-electron chi connectivity index (χ1n) is 9.19. The zero-order valence-corrected chi connectivity index (χ0v) is 18.1. The monoisotopic (exact) mass is 420 g/mol. The summed E-state index contributed by atoms with van der Waals surface area (Å²) in [6.45, 7) is 7.41. The van der Waals surface area contributed by atoms with Gasteiger partial charge >= 0.3 is 6.42 Å². The highest BCUT2D eigenvalue weighted by Gasteiger charge is 2.48. The molecule has 0 aliphatic carbocycles. The maximum Gasteiger partial charge on any atom is 0.423 e. The van der Waals surface area contributed by atoms with Crippen molar-refractivity contribution in [3.63, 3.8) is 0 Å². The van der Waals surface area contributed by atoms with Crippen molar-refractivity contribution in [1.29, 1.82) is 0 Å².